The number of aromatic amines is 2. The van der Waals surface area contributed by atoms with E-state index in [0.717, 1.165) is 22.3 Å². The Morgan fingerprint density at radius 3 is 1.20 bits per heavy atom. The second kappa shape index (κ2) is 17.6. The molecule has 4 aromatic carbocycles. The van der Waals surface area contributed by atoms with Crippen LogP contribution in [0.3, 0.4) is 0 Å². The molecule has 0 aliphatic rings. The molecule has 6 aromatic rings. The first-order valence-corrected chi connectivity index (χ1v) is 17.4. The minimum Gasteiger partial charge on any atom is -0.340 e. The van der Waals surface area contributed by atoms with Gasteiger partial charge in [0.2, 0.25) is 0 Å². The molecule has 6 rings (SSSR count). The smallest absolute Gasteiger partial charge is 0.276 e. The van der Waals surface area contributed by atoms with Crippen molar-refractivity contribution in [3.63, 3.8) is 0 Å². The molecule has 0 radical (unpaired) electrons. The standard InChI is InChI=1S/2C21H22N4O2/c2*1-14-9-11-17(12-10-14)24-20(26)18-19(23-13-22-18)21(27)25(3)15(2)16-7-5-4-6-8-16/h2*4-13,15H,1-3H3,(H,22,23)(H,24,26)/t2*15-/m11/s1. The summed E-state index contributed by atoms with van der Waals surface area (Å²) in [6.07, 6.45) is 2.72. The SMILES string of the molecule is Cc1ccc(NC(=O)c2nc[nH]c2C(=O)N(C)[C@H](C)c2ccccc2)cc1.Cc1ccc(NC(=O)c2nc[nH]c2C(=O)N(C)[C@H](C)c2ccccc2)cc1. The molecule has 0 saturated carbocycles. The van der Waals surface area contributed by atoms with Crippen molar-refractivity contribution in [2.75, 3.05) is 24.7 Å². The van der Waals surface area contributed by atoms with Crippen LogP contribution in [0.4, 0.5) is 11.4 Å². The van der Waals surface area contributed by atoms with E-state index in [0.29, 0.717) is 11.4 Å². The molecular weight excluding hydrogens is 681 g/mol. The zero-order valence-electron chi connectivity index (χ0n) is 31.1. The molecule has 0 spiro atoms. The van der Waals surface area contributed by atoms with Gasteiger partial charge < -0.3 is 30.4 Å². The first-order chi connectivity index (χ1) is 25.9. The Hall–Kier alpha value is -6.82. The second-order valence-electron chi connectivity index (χ2n) is 12.9. The molecule has 0 aliphatic heterocycles. The van der Waals surface area contributed by atoms with E-state index in [4.69, 9.17) is 0 Å². The number of rotatable bonds is 10. The molecule has 0 bridgehead atoms. The first kappa shape index (κ1) is 38.4. The van der Waals surface area contributed by atoms with E-state index in [1.165, 1.54) is 12.7 Å². The van der Waals surface area contributed by atoms with Gasteiger partial charge in [0.15, 0.2) is 11.4 Å². The summed E-state index contributed by atoms with van der Waals surface area (Å²) in [4.78, 5) is 67.9. The van der Waals surface area contributed by atoms with E-state index < -0.39 is 11.8 Å². The number of carbonyl (C=O) groups excluding carboxylic acids is 4. The van der Waals surface area contributed by atoms with Crippen LogP contribution in [0, 0.1) is 13.8 Å². The first-order valence-electron chi connectivity index (χ1n) is 17.4. The summed E-state index contributed by atoms with van der Waals surface area (Å²) in [6, 6.07) is 34.0. The fraction of sp³-hybridized carbons (Fsp3) is 0.190. The summed E-state index contributed by atoms with van der Waals surface area (Å²) < 4.78 is 0. The molecule has 2 atom stereocenters. The zero-order valence-corrected chi connectivity index (χ0v) is 31.1. The number of carbonyl (C=O) groups is 4. The third-order valence-electron chi connectivity index (χ3n) is 9.12. The third kappa shape index (κ3) is 9.34. The number of aromatic nitrogens is 4. The zero-order chi connectivity index (χ0) is 38.8. The predicted octanol–water partition coefficient (Wildman–Crippen LogP) is 7.61. The fourth-order valence-electron chi connectivity index (χ4n) is 5.53. The highest BCUT2D eigenvalue weighted by molar-refractivity contribution is 6.11. The van der Waals surface area contributed by atoms with Crippen LogP contribution >= 0.6 is 0 Å². The Balaban J connectivity index is 0.000000208. The number of anilines is 2. The molecule has 0 unspecified atom stereocenters. The minimum absolute atomic E-state index is 0.0766. The summed E-state index contributed by atoms with van der Waals surface area (Å²) in [6.45, 7) is 7.82. The number of hydrogen-bond acceptors (Lipinski definition) is 6. The van der Waals surface area contributed by atoms with Gasteiger partial charge in [0, 0.05) is 25.5 Å². The lowest BCUT2D eigenvalue weighted by Gasteiger charge is -2.25. The van der Waals surface area contributed by atoms with Crippen molar-refractivity contribution >= 4 is 35.0 Å². The average Bonchev–Trinajstić information content (AvgIpc) is 3.90. The van der Waals surface area contributed by atoms with Crippen molar-refractivity contribution < 1.29 is 19.2 Å². The molecule has 0 saturated heterocycles. The number of nitrogens with zero attached hydrogens (tertiary/aromatic N) is 4. The Morgan fingerprint density at radius 2 is 0.870 bits per heavy atom. The number of hydrogen-bond donors (Lipinski definition) is 4. The molecule has 0 fully saturated rings. The lowest BCUT2D eigenvalue weighted by Crippen LogP contribution is -2.31. The van der Waals surface area contributed by atoms with Gasteiger partial charge in [0.1, 0.15) is 11.4 Å². The molecule has 12 nitrogen and oxygen atoms in total. The van der Waals surface area contributed by atoms with Crippen LogP contribution in [-0.2, 0) is 0 Å². The van der Waals surface area contributed by atoms with E-state index in [9.17, 15) is 19.2 Å². The van der Waals surface area contributed by atoms with Crippen LogP contribution in [0.5, 0.6) is 0 Å². The van der Waals surface area contributed by atoms with Crippen molar-refractivity contribution in [1.82, 2.24) is 29.7 Å². The average molecular weight is 725 g/mol. The largest absolute Gasteiger partial charge is 0.340 e. The number of amides is 4. The number of benzene rings is 4. The van der Waals surface area contributed by atoms with Crippen LogP contribution < -0.4 is 10.6 Å². The molecule has 4 N–H and O–H groups in total. The molecular formula is C42H44N8O4. The van der Waals surface area contributed by atoms with Gasteiger partial charge in [0.05, 0.1) is 24.7 Å². The van der Waals surface area contributed by atoms with Crippen LogP contribution in [0.15, 0.2) is 122 Å². The van der Waals surface area contributed by atoms with Crippen molar-refractivity contribution in [2.45, 2.75) is 39.8 Å². The van der Waals surface area contributed by atoms with E-state index in [2.05, 4.69) is 30.6 Å². The molecule has 0 aliphatic carbocycles. The van der Waals surface area contributed by atoms with Gasteiger partial charge in [-0.15, -0.1) is 0 Å². The highest BCUT2D eigenvalue weighted by Gasteiger charge is 2.27. The molecule has 2 heterocycles. The Bertz CT molecular complexity index is 2020. The van der Waals surface area contributed by atoms with Crippen molar-refractivity contribution in [3.05, 3.63) is 167 Å². The van der Waals surface area contributed by atoms with Crippen LogP contribution in [-0.4, -0.2) is 67.5 Å². The molecule has 54 heavy (non-hydrogen) atoms. The molecule has 4 amide bonds. The predicted molar refractivity (Wildman–Crippen MR) is 209 cm³/mol. The monoisotopic (exact) mass is 724 g/mol. The Kier molecular flexibility index (Phi) is 12.5. The van der Waals surface area contributed by atoms with Gasteiger partial charge in [-0.2, -0.15) is 0 Å². The minimum atomic E-state index is -0.427. The van der Waals surface area contributed by atoms with Crippen molar-refractivity contribution in [3.8, 4) is 0 Å². The van der Waals surface area contributed by atoms with Gasteiger partial charge in [0.25, 0.3) is 23.6 Å². The summed E-state index contributed by atoms with van der Waals surface area (Å²) in [5.41, 5.74) is 6.02. The van der Waals surface area contributed by atoms with E-state index >= 15 is 0 Å². The van der Waals surface area contributed by atoms with Crippen LogP contribution in [0.1, 0.15) is 90.1 Å². The van der Waals surface area contributed by atoms with Gasteiger partial charge in [-0.05, 0) is 63.1 Å². The van der Waals surface area contributed by atoms with E-state index in [-0.39, 0.29) is 46.7 Å². The van der Waals surface area contributed by atoms with Crippen molar-refractivity contribution in [2.24, 2.45) is 0 Å². The summed E-state index contributed by atoms with van der Waals surface area (Å²) in [7, 11) is 3.42. The number of aryl methyl sites for hydroxylation is 2. The maximum Gasteiger partial charge on any atom is 0.276 e. The van der Waals surface area contributed by atoms with E-state index in [1.54, 1.807) is 23.9 Å². The number of H-pyrrole nitrogens is 2. The van der Waals surface area contributed by atoms with Gasteiger partial charge in [-0.25, -0.2) is 9.97 Å². The van der Waals surface area contributed by atoms with Crippen molar-refractivity contribution in [1.29, 1.82) is 0 Å². The summed E-state index contributed by atoms with van der Waals surface area (Å²) in [5.74, 6) is -1.44. The van der Waals surface area contributed by atoms with Gasteiger partial charge >= 0.3 is 0 Å². The maximum atomic E-state index is 12.9. The highest BCUT2D eigenvalue weighted by atomic mass is 16.2. The van der Waals surface area contributed by atoms with Gasteiger partial charge in [-0.1, -0.05) is 96.1 Å². The van der Waals surface area contributed by atoms with Gasteiger partial charge in [-0.3, -0.25) is 19.2 Å². The summed E-state index contributed by atoms with van der Waals surface area (Å²) >= 11 is 0. The fourth-order valence-corrected chi connectivity index (χ4v) is 5.53. The Labute approximate surface area is 314 Å². The van der Waals surface area contributed by atoms with E-state index in [1.807, 2.05) is 137 Å². The molecule has 12 heteroatoms. The number of nitrogens with one attached hydrogen (secondary N) is 4. The lowest BCUT2D eigenvalue weighted by molar-refractivity contribution is 0.0727. The van der Waals surface area contributed by atoms with Crippen LogP contribution in [0.25, 0.3) is 0 Å². The van der Waals surface area contributed by atoms with Crippen LogP contribution in [0.2, 0.25) is 0 Å². The normalized spacial score (nSPS) is 11.7. The lowest BCUT2D eigenvalue weighted by atomic mass is 10.1. The topological polar surface area (TPSA) is 156 Å². The second-order valence-corrected chi connectivity index (χ2v) is 12.9. The number of imidazole rings is 2. The quantitative estimate of drug-likeness (QED) is 0.114. The summed E-state index contributed by atoms with van der Waals surface area (Å²) in [5, 5.41) is 5.55. The third-order valence-corrected chi connectivity index (χ3v) is 9.12. The maximum absolute atomic E-state index is 12.9. The molecule has 2 aromatic heterocycles. The highest BCUT2D eigenvalue weighted by Crippen LogP contribution is 2.23. The Morgan fingerprint density at radius 1 is 0.537 bits per heavy atom. The molecule has 276 valence electrons.